The number of aliphatic hydroxyl groups excluding tert-OH is 1. The first kappa shape index (κ1) is 14.3. The maximum atomic E-state index is 13.2. The monoisotopic (exact) mass is 276 g/mol. The molecule has 1 aromatic carbocycles. The molecule has 1 saturated carbocycles. The summed E-state index contributed by atoms with van der Waals surface area (Å²) in [4.78, 5) is 0. The minimum Gasteiger partial charge on any atom is -0.392 e. The van der Waals surface area contributed by atoms with Crippen LogP contribution in [-0.2, 0) is 6.18 Å². The highest BCUT2D eigenvalue weighted by Gasteiger charge is 2.35. The summed E-state index contributed by atoms with van der Waals surface area (Å²) >= 11 is 0. The van der Waals surface area contributed by atoms with Crippen molar-refractivity contribution < 1.29 is 22.7 Å². The van der Waals surface area contributed by atoms with Gasteiger partial charge in [0.2, 0.25) is 0 Å². The standard InChI is InChI=1S/C14H16F4O/c15-12-7-6-9(8-11(12)14(16,17)18)10-4-2-1-3-5-13(10)19/h6-8,10,13,19H,1-5H2. The van der Waals surface area contributed by atoms with Gasteiger partial charge in [0.15, 0.2) is 0 Å². The summed E-state index contributed by atoms with van der Waals surface area (Å²) in [5.41, 5.74) is -0.871. The van der Waals surface area contributed by atoms with Crippen LogP contribution < -0.4 is 0 Å². The number of hydrogen-bond donors (Lipinski definition) is 1. The van der Waals surface area contributed by atoms with Gasteiger partial charge in [-0.15, -0.1) is 0 Å². The summed E-state index contributed by atoms with van der Waals surface area (Å²) in [5.74, 6) is -1.59. The van der Waals surface area contributed by atoms with Crippen molar-refractivity contribution in [1.82, 2.24) is 0 Å². The molecule has 2 unspecified atom stereocenters. The van der Waals surface area contributed by atoms with E-state index in [4.69, 9.17) is 0 Å². The average molecular weight is 276 g/mol. The van der Waals surface area contributed by atoms with Crippen LogP contribution in [0.25, 0.3) is 0 Å². The molecule has 0 aromatic heterocycles. The second-order valence-electron chi connectivity index (χ2n) is 5.05. The Balaban J connectivity index is 2.34. The van der Waals surface area contributed by atoms with Crippen LogP contribution in [0.4, 0.5) is 17.6 Å². The van der Waals surface area contributed by atoms with Gasteiger partial charge in [0.05, 0.1) is 11.7 Å². The highest BCUT2D eigenvalue weighted by molar-refractivity contribution is 5.30. The quantitative estimate of drug-likeness (QED) is 0.600. The van der Waals surface area contributed by atoms with Crippen molar-refractivity contribution in [1.29, 1.82) is 0 Å². The molecule has 1 aliphatic carbocycles. The first-order valence-corrected chi connectivity index (χ1v) is 6.44. The van der Waals surface area contributed by atoms with E-state index in [1.807, 2.05) is 0 Å². The molecule has 1 N–H and O–H groups in total. The van der Waals surface area contributed by atoms with E-state index in [0.29, 0.717) is 18.4 Å². The number of hydrogen-bond acceptors (Lipinski definition) is 1. The van der Waals surface area contributed by atoms with Crippen molar-refractivity contribution in [2.24, 2.45) is 0 Å². The number of benzene rings is 1. The van der Waals surface area contributed by atoms with Gasteiger partial charge in [0.25, 0.3) is 0 Å². The smallest absolute Gasteiger partial charge is 0.392 e. The molecule has 2 atom stereocenters. The summed E-state index contributed by atoms with van der Waals surface area (Å²) in [5, 5.41) is 9.99. The fraction of sp³-hybridized carbons (Fsp3) is 0.571. The van der Waals surface area contributed by atoms with Gasteiger partial charge in [0.1, 0.15) is 5.82 Å². The molecule has 0 aliphatic heterocycles. The number of rotatable bonds is 1. The van der Waals surface area contributed by atoms with E-state index in [-0.39, 0.29) is 5.92 Å². The van der Waals surface area contributed by atoms with Gasteiger partial charge in [-0.2, -0.15) is 13.2 Å². The van der Waals surface area contributed by atoms with Gasteiger partial charge >= 0.3 is 6.18 Å². The molecule has 1 nitrogen and oxygen atoms in total. The lowest BCUT2D eigenvalue weighted by atomic mass is 9.88. The van der Waals surface area contributed by atoms with E-state index >= 15 is 0 Å². The highest BCUT2D eigenvalue weighted by Crippen LogP contribution is 2.37. The first-order chi connectivity index (χ1) is 8.89. The third kappa shape index (κ3) is 3.26. The molecule has 2 rings (SSSR count). The SMILES string of the molecule is OC1CCCCCC1c1ccc(F)c(C(F)(F)F)c1. The van der Waals surface area contributed by atoms with Crippen LogP contribution in [0.1, 0.15) is 49.1 Å². The molecule has 0 radical (unpaired) electrons. The largest absolute Gasteiger partial charge is 0.419 e. The van der Waals surface area contributed by atoms with E-state index in [1.165, 1.54) is 6.07 Å². The molecular weight excluding hydrogens is 260 g/mol. The Morgan fingerprint density at radius 2 is 1.74 bits per heavy atom. The van der Waals surface area contributed by atoms with Gasteiger partial charge < -0.3 is 5.11 Å². The minimum absolute atomic E-state index is 0.329. The average Bonchev–Trinajstić information content (AvgIpc) is 2.53. The van der Waals surface area contributed by atoms with Crippen LogP contribution in [0.3, 0.4) is 0 Å². The molecule has 0 bridgehead atoms. The van der Waals surface area contributed by atoms with Gasteiger partial charge in [0, 0.05) is 5.92 Å². The van der Waals surface area contributed by atoms with Crippen LogP contribution in [-0.4, -0.2) is 11.2 Å². The zero-order valence-corrected chi connectivity index (χ0v) is 10.4. The van der Waals surface area contributed by atoms with Crippen LogP contribution in [0.2, 0.25) is 0 Å². The molecule has 19 heavy (non-hydrogen) atoms. The fourth-order valence-corrected chi connectivity index (χ4v) is 2.67. The Labute approximate surface area is 109 Å². The molecule has 106 valence electrons. The van der Waals surface area contributed by atoms with Crippen molar-refractivity contribution in [3.05, 3.63) is 35.1 Å². The lowest BCUT2D eigenvalue weighted by molar-refractivity contribution is -0.140. The molecule has 1 fully saturated rings. The summed E-state index contributed by atoms with van der Waals surface area (Å²) in [7, 11) is 0. The predicted molar refractivity (Wildman–Crippen MR) is 63.2 cm³/mol. The Morgan fingerprint density at radius 1 is 1.05 bits per heavy atom. The van der Waals surface area contributed by atoms with Crippen molar-refractivity contribution >= 4 is 0 Å². The zero-order valence-electron chi connectivity index (χ0n) is 10.4. The lowest BCUT2D eigenvalue weighted by Crippen LogP contribution is -2.18. The molecule has 0 spiro atoms. The second-order valence-corrected chi connectivity index (χ2v) is 5.05. The minimum atomic E-state index is -4.70. The number of alkyl halides is 3. The fourth-order valence-electron chi connectivity index (χ4n) is 2.67. The van der Waals surface area contributed by atoms with Crippen molar-refractivity contribution in [2.75, 3.05) is 0 Å². The third-order valence-corrected chi connectivity index (χ3v) is 3.70. The zero-order chi connectivity index (χ0) is 14.0. The first-order valence-electron chi connectivity index (χ1n) is 6.44. The Hall–Kier alpha value is -1.10. The Morgan fingerprint density at radius 3 is 2.42 bits per heavy atom. The van der Waals surface area contributed by atoms with Crippen molar-refractivity contribution in [3.63, 3.8) is 0 Å². The van der Waals surface area contributed by atoms with Gasteiger partial charge in [-0.3, -0.25) is 0 Å². The number of halogens is 4. The lowest BCUT2D eigenvalue weighted by Gasteiger charge is -2.22. The Bertz CT molecular complexity index is 442. The molecule has 1 aromatic rings. The molecule has 1 aliphatic rings. The van der Waals surface area contributed by atoms with Gasteiger partial charge in [-0.1, -0.05) is 25.3 Å². The van der Waals surface area contributed by atoms with E-state index < -0.39 is 23.7 Å². The van der Waals surface area contributed by atoms with Crippen LogP contribution in [0.15, 0.2) is 18.2 Å². The van der Waals surface area contributed by atoms with E-state index in [9.17, 15) is 22.7 Å². The molecule has 0 amide bonds. The summed E-state index contributed by atoms with van der Waals surface area (Å²) in [6.45, 7) is 0. The topological polar surface area (TPSA) is 20.2 Å². The van der Waals surface area contributed by atoms with Crippen molar-refractivity contribution in [3.8, 4) is 0 Å². The van der Waals surface area contributed by atoms with Crippen LogP contribution in [0.5, 0.6) is 0 Å². The molecule has 0 heterocycles. The van der Waals surface area contributed by atoms with Crippen LogP contribution in [0, 0.1) is 5.82 Å². The van der Waals surface area contributed by atoms with E-state index in [2.05, 4.69) is 0 Å². The van der Waals surface area contributed by atoms with E-state index in [1.54, 1.807) is 0 Å². The highest BCUT2D eigenvalue weighted by atomic mass is 19.4. The summed E-state index contributed by atoms with van der Waals surface area (Å²) in [6.07, 6.45) is -1.38. The Kier molecular flexibility index (Phi) is 4.13. The van der Waals surface area contributed by atoms with Crippen LogP contribution >= 0.6 is 0 Å². The van der Waals surface area contributed by atoms with Gasteiger partial charge in [-0.25, -0.2) is 4.39 Å². The maximum Gasteiger partial charge on any atom is 0.419 e. The maximum absolute atomic E-state index is 13.2. The van der Waals surface area contributed by atoms with E-state index in [0.717, 1.165) is 31.4 Å². The van der Waals surface area contributed by atoms with Crippen molar-refractivity contribution in [2.45, 2.75) is 50.3 Å². The third-order valence-electron chi connectivity index (χ3n) is 3.70. The summed E-state index contributed by atoms with van der Waals surface area (Å²) < 4.78 is 51.2. The number of aliphatic hydroxyl groups is 1. The van der Waals surface area contributed by atoms with Gasteiger partial charge in [-0.05, 0) is 30.5 Å². The molecule has 5 heteroatoms. The second kappa shape index (κ2) is 5.49. The molecular formula is C14H16F4O. The normalized spacial score (nSPS) is 25.1. The summed E-state index contributed by atoms with van der Waals surface area (Å²) in [6, 6.07) is 3.04. The predicted octanol–water partition coefficient (Wildman–Crippen LogP) is 4.25. The molecule has 0 saturated heterocycles.